The lowest BCUT2D eigenvalue weighted by atomic mass is 9.99. The quantitative estimate of drug-likeness (QED) is 0.881. The zero-order valence-corrected chi connectivity index (χ0v) is 9.66. The monoisotopic (exact) mass is 248 g/mol. The van der Waals surface area contributed by atoms with Gasteiger partial charge in [-0.2, -0.15) is 0 Å². The van der Waals surface area contributed by atoms with Gasteiger partial charge >= 0.3 is 6.36 Å². The summed E-state index contributed by atoms with van der Waals surface area (Å²) in [6.07, 6.45) is -4.98. The van der Waals surface area contributed by atoms with Crippen LogP contribution in [0.15, 0.2) is 24.3 Å². The first-order valence-electron chi connectivity index (χ1n) is 5.31. The van der Waals surface area contributed by atoms with E-state index in [0.29, 0.717) is 12.0 Å². The van der Waals surface area contributed by atoms with Crippen LogP contribution >= 0.6 is 0 Å². The maximum atomic E-state index is 12.0. The highest BCUT2D eigenvalue weighted by Gasteiger charge is 2.31. The van der Waals surface area contributed by atoms with Gasteiger partial charge in [0.25, 0.3) is 0 Å². The molecule has 1 rings (SSSR count). The molecular formula is C12H15F3O2. The van der Waals surface area contributed by atoms with Crippen molar-refractivity contribution in [1.29, 1.82) is 0 Å². The average Bonchev–Trinajstić information content (AvgIpc) is 2.14. The van der Waals surface area contributed by atoms with Gasteiger partial charge in [-0.1, -0.05) is 26.0 Å². The standard InChI is InChI=1S/C12H15F3O2/c1-8(2)6-11(16)9-4-3-5-10(7-9)17-12(13,14)15/h3-5,7-8,11,16H,6H2,1-2H3. The van der Waals surface area contributed by atoms with Crippen LogP contribution in [0.4, 0.5) is 13.2 Å². The van der Waals surface area contributed by atoms with Gasteiger partial charge in [0.05, 0.1) is 6.10 Å². The van der Waals surface area contributed by atoms with Crippen LogP contribution in [0, 0.1) is 5.92 Å². The van der Waals surface area contributed by atoms with Crippen LogP contribution < -0.4 is 4.74 Å². The van der Waals surface area contributed by atoms with Crippen LogP contribution in [0.2, 0.25) is 0 Å². The molecule has 1 aromatic rings. The molecule has 0 aliphatic carbocycles. The van der Waals surface area contributed by atoms with Gasteiger partial charge in [0, 0.05) is 0 Å². The smallest absolute Gasteiger partial charge is 0.406 e. The predicted octanol–water partition coefficient (Wildman–Crippen LogP) is 3.66. The van der Waals surface area contributed by atoms with E-state index in [1.807, 2.05) is 13.8 Å². The van der Waals surface area contributed by atoms with Gasteiger partial charge in [0.15, 0.2) is 0 Å². The molecule has 0 heterocycles. The van der Waals surface area contributed by atoms with Crippen molar-refractivity contribution in [3.05, 3.63) is 29.8 Å². The minimum atomic E-state index is -4.71. The summed E-state index contributed by atoms with van der Waals surface area (Å²) < 4.78 is 39.8. The second-order valence-electron chi connectivity index (χ2n) is 4.27. The van der Waals surface area contributed by atoms with E-state index in [4.69, 9.17) is 0 Å². The van der Waals surface area contributed by atoms with E-state index in [1.165, 1.54) is 18.2 Å². The molecule has 0 saturated heterocycles. The number of halogens is 3. The Morgan fingerprint density at radius 2 is 1.94 bits per heavy atom. The Kier molecular flexibility index (Phi) is 4.40. The third-order valence-electron chi connectivity index (χ3n) is 2.17. The molecule has 0 fully saturated rings. The molecule has 96 valence electrons. The van der Waals surface area contributed by atoms with Gasteiger partial charge in [0.1, 0.15) is 5.75 Å². The minimum Gasteiger partial charge on any atom is -0.406 e. The molecular weight excluding hydrogens is 233 g/mol. The fourth-order valence-corrected chi connectivity index (χ4v) is 1.50. The van der Waals surface area contributed by atoms with Crippen LogP contribution in [-0.4, -0.2) is 11.5 Å². The number of benzene rings is 1. The van der Waals surface area contributed by atoms with E-state index in [2.05, 4.69) is 4.74 Å². The summed E-state index contributed by atoms with van der Waals surface area (Å²) in [5.41, 5.74) is 0.431. The Morgan fingerprint density at radius 3 is 2.47 bits per heavy atom. The summed E-state index contributed by atoms with van der Waals surface area (Å²) >= 11 is 0. The third-order valence-corrected chi connectivity index (χ3v) is 2.17. The van der Waals surface area contributed by atoms with E-state index in [1.54, 1.807) is 6.07 Å². The number of rotatable bonds is 4. The molecule has 17 heavy (non-hydrogen) atoms. The van der Waals surface area contributed by atoms with Crippen molar-refractivity contribution in [1.82, 2.24) is 0 Å². The lowest BCUT2D eigenvalue weighted by Crippen LogP contribution is -2.17. The lowest BCUT2D eigenvalue weighted by Gasteiger charge is -2.15. The van der Waals surface area contributed by atoms with E-state index in [9.17, 15) is 18.3 Å². The topological polar surface area (TPSA) is 29.5 Å². The fraction of sp³-hybridized carbons (Fsp3) is 0.500. The average molecular weight is 248 g/mol. The van der Waals surface area contributed by atoms with E-state index in [-0.39, 0.29) is 11.7 Å². The molecule has 5 heteroatoms. The third kappa shape index (κ3) is 5.08. The lowest BCUT2D eigenvalue weighted by molar-refractivity contribution is -0.274. The highest BCUT2D eigenvalue weighted by molar-refractivity contribution is 5.30. The molecule has 0 spiro atoms. The second-order valence-corrected chi connectivity index (χ2v) is 4.27. The van der Waals surface area contributed by atoms with Crippen molar-refractivity contribution in [2.45, 2.75) is 32.7 Å². The Balaban J connectivity index is 2.78. The Hall–Kier alpha value is -1.23. The fourth-order valence-electron chi connectivity index (χ4n) is 1.50. The molecule has 2 nitrogen and oxygen atoms in total. The number of hydrogen-bond acceptors (Lipinski definition) is 2. The van der Waals surface area contributed by atoms with Gasteiger partial charge in [-0.15, -0.1) is 13.2 Å². The molecule has 1 aromatic carbocycles. The van der Waals surface area contributed by atoms with Crippen molar-refractivity contribution in [2.24, 2.45) is 5.92 Å². The molecule has 1 N–H and O–H groups in total. The van der Waals surface area contributed by atoms with Gasteiger partial charge in [-0.25, -0.2) is 0 Å². The first-order valence-corrected chi connectivity index (χ1v) is 5.31. The van der Waals surface area contributed by atoms with Crippen LogP contribution in [0.1, 0.15) is 31.9 Å². The zero-order chi connectivity index (χ0) is 13.1. The second kappa shape index (κ2) is 5.40. The summed E-state index contributed by atoms with van der Waals surface area (Å²) in [6.45, 7) is 3.86. The molecule has 0 aromatic heterocycles. The van der Waals surface area contributed by atoms with Crippen LogP contribution in [0.5, 0.6) is 5.75 Å². The largest absolute Gasteiger partial charge is 0.573 e. The summed E-state index contributed by atoms with van der Waals surface area (Å²) in [5.74, 6) is -0.0463. The molecule has 0 amide bonds. The number of ether oxygens (including phenoxy) is 1. The number of alkyl halides is 3. The summed E-state index contributed by atoms with van der Waals surface area (Å²) in [7, 11) is 0. The highest BCUT2D eigenvalue weighted by Crippen LogP contribution is 2.27. The number of aliphatic hydroxyl groups excluding tert-OH is 1. The molecule has 1 atom stereocenters. The van der Waals surface area contributed by atoms with Crippen molar-refractivity contribution < 1.29 is 23.0 Å². The van der Waals surface area contributed by atoms with Gasteiger partial charge < -0.3 is 9.84 Å². The summed E-state index contributed by atoms with van der Waals surface area (Å²) in [4.78, 5) is 0. The highest BCUT2D eigenvalue weighted by atomic mass is 19.4. The first-order chi connectivity index (χ1) is 7.78. The Morgan fingerprint density at radius 1 is 1.29 bits per heavy atom. The van der Waals surface area contributed by atoms with E-state index in [0.717, 1.165) is 0 Å². The van der Waals surface area contributed by atoms with Crippen molar-refractivity contribution in [3.8, 4) is 5.75 Å². The SMILES string of the molecule is CC(C)CC(O)c1cccc(OC(F)(F)F)c1. The molecule has 0 aliphatic rings. The molecule has 1 unspecified atom stereocenters. The van der Waals surface area contributed by atoms with Crippen molar-refractivity contribution in [2.75, 3.05) is 0 Å². The number of hydrogen-bond donors (Lipinski definition) is 1. The van der Waals surface area contributed by atoms with Crippen LogP contribution in [-0.2, 0) is 0 Å². The molecule has 0 saturated carbocycles. The van der Waals surface area contributed by atoms with Gasteiger partial charge in [-0.05, 0) is 30.0 Å². The first kappa shape index (κ1) is 13.8. The van der Waals surface area contributed by atoms with Gasteiger partial charge in [0.2, 0.25) is 0 Å². The van der Waals surface area contributed by atoms with Crippen LogP contribution in [0.25, 0.3) is 0 Å². The Bertz CT molecular complexity index is 361. The minimum absolute atomic E-state index is 0.261. The molecule has 0 bridgehead atoms. The summed E-state index contributed by atoms with van der Waals surface area (Å²) in [5, 5.41) is 9.78. The maximum Gasteiger partial charge on any atom is 0.573 e. The van der Waals surface area contributed by atoms with E-state index >= 15 is 0 Å². The number of aliphatic hydroxyl groups is 1. The van der Waals surface area contributed by atoms with Crippen LogP contribution in [0.3, 0.4) is 0 Å². The van der Waals surface area contributed by atoms with Gasteiger partial charge in [-0.3, -0.25) is 0 Å². The van der Waals surface area contributed by atoms with Crippen molar-refractivity contribution in [3.63, 3.8) is 0 Å². The molecule has 0 aliphatic heterocycles. The predicted molar refractivity (Wildman–Crippen MR) is 57.5 cm³/mol. The zero-order valence-electron chi connectivity index (χ0n) is 9.66. The Labute approximate surface area is 98.0 Å². The summed E-state index contributed by atoms with van der Waals surface area (Å²) in [6, 6.07) is 5.43. The maximum absolute atomic E-state index is 12.0. The normalized spacial score (nSPS) is 13.8. The van der Waals surface area contributed by atoms with Crippen molar-refractivity contribution >= 4 is 0 Å². The van der Waals surface area contributed by atoms with E-state index < -0.39 is 12.5 Å². The molecule has 0 radical (unpaired) electrons.